The SMILES string of the molecule is CC(=O)NCCCN(C)CCCNC(=O)CCNC(=O)c1nc(NCCCNC(=O)c2cc(NC(=O)c3nc(NC(=O)CCNC(=O)c4cc(NC(=O)c5nccn5C)cn4C)cn3C)cn2C)cn1C. The van der Waals surface area contributed by atoms with Crippen LogP contribution >= 0.6 is 0 Å². The van der Waals surface area contributed by atoms with E-state index in [2.05, 4.69) is 67.7 Å². The molecule has 5 heterocycles. The van der Waals surface area contributed by atoms with Gasteiger partial charge in [-0.2, -0.15) is 0 Å². The fraction of sp³-hybridized carbons (Fsp3) is 0.444. The molecule has 5 aromatic rings. The van der Waals surface area contributed by atoms with Gasteiger partial charge in [-0.1, -0.05) is 0 Å². The Labute approximate surface area is 410 Å². The third kappa shape index (κ3) is 16.4. The van der Waals surface area contributed by atoms with Gasteiger partial charge in [0.15, 0.2) is 11.6 Å². The number of amides is 8. The molecule has 5 aromatic heterocycles. The minimum absolute atomic E-state index is 0.00261. The molecule has 0 aromatic carbocycles. The fourth-order valence-electron chi connectivity index (χ4n) is 7.12. The zero-order chi connectivity index (χ0) is 51.6. The Kier molecular flexibility index (Phi) is 19.6. The molecule has 0 radical (unpaired) electrons. The summed E-state index contributed by atoms with van der Waals surface area (Å²) < 4.78 is 7.70. The largest absolute Gasteiger partial charge is 0.369 e. The Morgan fingerprint density at radius 2 is 1.01 bits per heavy atom. The molecular formula is C45H64N18O8. The minimum Gasteiger partial charge on any atom is -0.369 e. The summed E-state index contributed by atoms with van der Waals surface area (Å²) in [6, 6.07) is 3.03. The molecule has 26 nitrogen and oxygen atoms in total. The maximum atomic E-state index is 13.2. The van der Waals surface area contributed by atoms with Crippen LogP contribution in [0, 0.1) is 0 Å². The molecule has 0 aliphatic rings. The maximum Gasteiger partial charge on any atom is 0.291 e. The summed E-state index contributed by atoms with van der Waals surface area (Å²) in [7, 11) is 10.3. The number of carbonyl (C=O) groups is 8. The quantitative estimate of drug-likeness (QED) is 0.0317. The molecule has 0 saturated heterocycles. The molecule has 0 aliphatic carbocycles. The fourth-order valence-corrected chi connectivity index (χ4v) is 7.12. The normalized spacial score (nSPS) is 10.9. The summed E-state index contributed by atoms with van der Waals surface area (Å²) >= 11 is 0. The van der Waals surface area contributed by atoms with Gasteiger partial charge in [-0.05, 0) is 51.5 Å². The van der Waals surface area contributed by atoms with Crippen LogP contribution < -0.4 is 47.9 Å². The van der Waals surface area contributed by atoms with Crippen molar-refractivity contribution in [2.45, 2.75) is 39.0 Å². The molecule has 71 heavy (non-hydrogen) atoms. The topological polar surface area (TPSA) is 311 Å². The third-order valence-electron chi connectivity index (χ3n) is 10.8. The van der Waals surface area contributed by atoms with Crippen LogP contribution in [0.3, 0.4) is 0 Å². The summed E-state index contributed by atoms with van der Waals surface area (Å²) in [5, 5.41) is 25.1. The van der Waals surface area contributed by atoms with Crippen molar-refractivity contribution < 1.29 is 38.4 Å². The monoisotopic (exact) mass is 985 g/mol. The number of anilines is 4. The van der Waals surface area contributed by atoms with Gasteiger partial charge < -0.3 is 75.6 Å². The standard InChI is InChI=1S/C45H64N18O8/c1-29(64)46-15-9-20-58(2)21-10-16-48-36(65)11-17-52-43(69)39-56-34(27-62(39)6)47-13-8-14-50-41(67)32-24-31(26-60(32)4)54-45(71)40-57-35(28-63(40)7)55-37(66)12-18-51-42(68)33-23-30(25-61(33)5)53-44(70)38-49-19-22-59(38)3/h19,22-28,47H,8-18,20-21H2,1-7H3,(H,46,64)(H,48,65)(H,50,67)(H,51,68)(H,52,69)(H,53,70)(H,54,71)(H,55,66). The molecule has 26 heteroatoms. The molecule has 0 bridgehead atoms. The van der Waals surface area contributed by atoms with Gasteiger partial charge in [0.1, 0.15) is 17.2 Å². The lowest BCUT2D eigenvalue weighted by Gasteiger charge is -2.16. The van der Waals surface area contributed by atoms with Crippen LogP contribution in [0.2, 0.25) is 0 Å². The minimum atomic E-state index is -0.584. The van der Waals surface area contributed by atoms with Crippen molar-refractivity contribution in [2.75, 3.05) is 80.7 Å². The summed E-state index contributed by atoms with van der Waals surface area (Å²) in [6.45, 7) is 5.18. The van der Waals surface area contributed by atoms with E-state index in [-0.39, 0.29) is 72.6 Å². The number of aryl methyl sites for hydroxylation is 5. The number of hydrogen-bond donors (Lipinski definition) is 9. The van der Waals surface area contributed by atoms with Gasteiger partial charge in [0.2, 0.25) is 29.4 Å². The molecule has 0 atom stereocenters. The van der Waals surface area contributed by atoms with Crippen molar-refractivity contribution in [3.05, 3.63) is 78.2 Å². The van der Waals surface area contributed by atoms with Crippen molar-refractivity contribution in [2.24, 2.45) is 35.2 Å². The van der Waals surface area contributed by atoms with Gasteiger partial charge in [-0.15, -0.1) is 0 Å². The first-order valence-electron chi connectivity index (χ1n) is 23.0. The molecule has 0 spiro atoms. The van der Waals surface area contributed by atoms with Gasteiger partial charge in [0.05, 0.1) is 11.4 Å². The van der Waals surface area contributed by atoms with Gasteiger partial charge >= 0.3 is 0 Å². The second-order valence-corrected chi connectivity index (χ2v) is 16.8. The first kappa shape index (κ1) is 53.7. The van der Waals surface area contributed by atoms with Crippen molar-refractivity contribution >= 4 is 70.3 Å². The number of nitrogens with one attached hydrogen (secondary N) is 9. The maximum absolute atomic E-state index is 13.2. The Balaban J connectivity index is 0.956. The summed E-state index contributed by atoms with van der Waals surface area (Å²) in [6.07, 6.45) is 11.6. The Hall–Kier alpha value is -8.29. The van der Waals surface area contributed by atoms with Gasteiger partial charge in [0, 0.05) is 131 Å². The number of carbonyl (C=O) groups excluding carboxylic acids is 8. The lowest BCUT2D eigenvalue weighted by molar-refractivity contribution is -0.121. The molecule has 0 unspecified atom stereocenters. The van der Waals surface area contributed by atoms with Crippen molar-refractivity contribution in [1.82, 2.24) is 69.3 Å². The average Bonchev–Trinajstić information content (AvgIpc) is 4.15. The van der Waals surface area contributed by atoms with Crippen LogP contribution in [0.1, 0.15) is 91.9 Å². The molecular weight excluding hydrogens is 921 g/mol. The van der Waals surface area contributed by atoms with E-state index in [1.54, 1.807) is 78.3 Å². The highest BCUT2D eigenvalue weighted by Crippen LogP contribution is 2.17. The van der Waals surface area contributed by atoms with Gasteiger partial charge in [0.25, 0.3) is 29.5 Å². The number of imidazole rings is 3. The number of hydrogen-bond acceptors (Lipinski definition) is 13. The zero-order valence-electron chi connectivity index (χ0n) is 41.1. The van der Waals surface area contributed by atoms with Crippen molar-refractivity contribution in [3.63, 3.8) is 0 Å². The van der Waals surface area contributed by atoms with E-state index in [9.17, 15) is 38.4 Å². The summed E-state index contributed by atoms with van der Waals surface area (Å²) in [4.78, 5) is 115. The average molecular weight is 985 g/mol. The molecule has 0 aliphatic heterocycles. The Bertz CT molecular complexity index is 2690. The molecule has 382 valence electrons. The molecule has 8 amide bonds. The molecule has 5 rings (SSSR count). The van der Waals surface area contributed by atoms with E-state index < -0.39 is 29.5 Å². The smallest absolute Gasteiger partial charge is 0.291 e. The van der Waals surface area contributed by atoms with Crippen LogP contribution in [-0.2, 0) is 49.6 Å². The summed E-state index contributed by atoms with van der Waals surface area (Å²) in [5.74, 6) is -1.96. The first-order valence-corrected chi connectivity index (χ1v) is 23.0. The first-order chi connectivity index (χ1) is 33.9. The van der Waals surface area contributed by atoms with Crippen molar-refractivity contribution in [3.8, 4) is 0 Å². The highest BCUT2D eigenvalue weighted by molar-refractivity contribution is 6.04. The third-order valence-corrected chi connectivity index (χ3v) is 10.8. The van der Waals surface area contributed by atoms with Gasteiger partial charge in [-0.3, -0.25) is 38.4 Å². The molecule has 0 saturated carbocycles. The number of rotatable bonds is 27. The molecule has 9 N–H and O–H groups in total. The highest BCUT2D eigenvalue weighted by atomic mass is 16.2. The van der Waals surface area contributed by atoms with E-state index >= 15 is 0 Å². The second kappa shape index (κ2) is 25.9. The number of nitrogens with zero attached hydrogens (tertiary/aromatic N) is 9. The van der Waals surface area contributed by atoms with Crippen LogP contribution in [0.25, 0.3) is 0 Å². The predicted molar refractivity (Wildman–Crippen MR) is 263 cm³/mol. The summed E-state index contributed by atoms with van der Waals surface area (Å²) in [5.41, 5.74) is 1.30. The Morgan fingerprint density at radius 3 is 1.61 bits per heavy atom. The lowest BCUT2D eigenvalue weighted by Crippen LogP contribution is -2.33. The van der Waals surface area contributed by atoms with Crippen LogP contribution in [0.15, 0.2) is 49.3 Å². The second-order valence-electron chi connectivity index (χ2n) is 16.8. The van der Waals surface area contributed by atoms with E-state index in [1.807, 2.05) is 7.05 Å². The predicted octanol–water partition coefficient (Wildman–Crippen LogP) is 0.144. The van der Waals surface area contributed by atoms with E-state index in [0.717, 1.165) is 25.9 Å². The van der Waals surface area contributed by atoms with Crippen LogP contribution in [-0.4, -0.2) is 149 Å². The zero-order valence-corrected chi connectivity index (χ0v) is 41.1. The van der Waals surface area contributed by atoms with E-state index in [1.165, 1.54) is 36.0 Å². The van der Waals surface area contributed by atoms with E-state index in [4.69, 9.17) is 0 Å². The number of aromatic nitrogens is 8. The highest BCUT2D eigenvalue weighted by Gasteiger charge is 2.20. The van der Waals surface area contributed by atoms with Gasteiger partial charge in [-0.25, -0.2) is 15.0 Å². The van der Waals surface area contributed by atoms with Crippen LogP contribution in [0.5, 0.6) is 0 Å². The van der Waals surface area contributed by atoms with E-state index in [0.29, 0.717) is 55.5 Å². The molecule has 0 fully saturated rings. The van der Waals surface area contributed by atoms with Crippen LogP contribution in [0.4, 0.5) is 23.0 Å². The lowest BCUT2D eigenvalue weighted by atomic mass is 10.3. The van der Waals surface area contributed by atoms with Crippen molar-refractivity contribution in [1.29, 1.82) is 0 Å². The Morgan fingerprint density at radius 1 is 0.507 bits per heavy atom.